The van der Waals surface area contributed by atoms with Gasteiger partial charge in [0.05, 0.1) is 18.3 Å². The lowest BCUT2D eigenvalue weighted by atomic mass is 9.97. The van der Waals surface area contributed by atoms with Crippen molar-refractivity contribution in [2.75, 3.05) is 43.1 Å². The molecule has 2 fully saturated rings. The third kappa shape index (κ3) is 6.81. The number of benzene rings is 2. The molecule has 2 aromatic rings. The van der Waals surface area contributed by atoms with Crippen LogP contribution in [0.4, 0.5) is 11.4 Å². The van der Waals surface area contributed by atoms with Crippen LogP contribution in [0.15, 0.2) is 48.5 Å². The molecule has 34 heavy (non-hydrogen) atoms. The summed E-state index contributed by atoms with van der Waals surface area (Å²) in [5, 5.41) is 5.90. The smallest absolute Gasteiger partial charge is 0.253 e. The Morgan fingerprint density at radius 2 is 1.88 bits per heavy atom. The molecular formula is C27H35N3O4. The quantitative estimate of drug-likeness (QED) is 0.586. The van der Waals surface area contributed by atoms with Gasteiger partial charge in [-0.2, -0.15) is 0 Å². The molecule has 0 saturated carbocycles. The number of nitrogens with zero attached hydrogens (tertiary/aromatic N) is 1. The molecule has 2 aliphatic rings. The second-order valence-corrected chi connectivity index (χ2v) is 9.27. The molecular weight excluding hydrogens is 430 g/mol. The summed E-state index contributed by atoms with van der Waals surface area (Å²) in [7, 11) is 0. The van der Waals surface area contributed by atoms with E-state index in [4.69, 9.17) is 9.47 Å². The number of ether oxygens (including phenoxy) is 2. The van der Waals surface area contributed by atoms with Crippen LogP contribution in [-0.4, -0.2) is 50.8 Å². The second-order valence-electron chi connectivity index (χ2n) is 9.27. The number of piperidine rings is 1. The van der Waals surface area contributed by atoms with Crippen LogP contribution in [0, 0.1) is 5.92 Å². The molecule has 0 radical (unpaired) electrons. The van der Waals surface area contributed by atoms with Gasteiger partial charge in [0.25, 0.3) is 5.91 Å². The minimum atomic E-state index is -0.249. The van der Waals surface area contributed by atoms with E-state index in [0.29, 0.717) is 30.3 Å². The summed E-state index contributed by atoms with van der Waals surface area (Å²) in [4.78, 5) is 27.9. The van der Waals surface area contributed by atoms with Gasteiger partial charge in [0.2, 0.25) is 5.91 Å². The topological polar surface area (TPSA) is 79.9 Å². The first-order valence-electron chi connectivity index (χ1n) is 12.3. The lowest BCUT2D eigenvalue weighted by molar-refractivity contribution is -0.121. The van der Waals surface area contributed by atoms with E-state index in [9.17, 15) is 9.59 Å². The highest BCUT2D eigenvalue weighted by molar-refractivity contribution is 6.02. The Bertz CT molecular complexity index is 952. The number of carbonyl (C=O) groups excluding carboxylic acids is 2. The van der Waals surface area contributed by atoms with Gasteiger partial charge in [0, 0.05) is 37.6 Å². The first-order valence-corrected chi connectivity index (χ1v) is 12.3. The molecule has 0 bridgehead atoms. The van der Waals surface area contributed by atoms with Crippen molar-refractivity contribution in [2.24, 2.45) is 5.92 Å². The molecule has 2 heterocycles. The lowest BCUT2D eigenvalue weighted by Gasteiger charge is -2.33. The number of nitrogens with one attached hydrogen (secondary N) is 2. The Hall–Kier alpha value is -2.90. The summed E-state index contributed by atoms with van der Waals surface area (Å²) < 4.78 is 11.2. The third-order valence-corrected chi connectivity index (χ3v) is 6.51. The van der Waals surface area contributed by atoms with Gasteiger partial charge in [-0.05, 0) is 55.4 Å². The predicted molar refractivity (Wildman–Crippen MR) is 133 cm³/mol. The average Bonchev–Trinajstić information content (AvgIpc) is 3.38. The van der Waals surface area contributed by atoms with E-state index in [1.807, 2.05) is 42.5 Å². The molecule has 4 rings (SSSR count). The molecule has 0 aliphatic carbocycles. The Morgan fingerprint density at radius 1 is 1.09 bits per heavy atom. The maximum Gasteiger partial charge on any atom is 0.253 e. The summed E-state index contributed by atoms with van der Waals surface area (Å²) in [6, 6.07) is 15.3. The zero-order valence-corrected chi connectivity index (χ0v) is 19.9. The predicted octanol–water partition coefficient (Wildman–Crippen LogP) is 3.99. The summed E-state index contributed by atoms with van der Waals surface area (Å²) in [6.45, 7) is 5.69. The lowest BCUT2D eigenvalue weighted by Crippen LogP contribution is -2.36. The van der Waals surface area contributed by atoms with Crippen LogP contribution in [0.2, 0.25) is 0 Å². The normalized spacial score (nSPS) is 18.6. The van der Waals surface area contributed by atoms with Gasteiger partial charge in [-0.15, -0.1) is 0 Å². The molecule has 0 aromatic heterocycles. The SMILES string of the molecule is CC1CCN(c2ccc(NC(=O)COCc3ccccc3)cc2C(=O)NCC2CCCO2)CC1. The number of hydrogen-bond acceptors (Lipinski definition) is 5. The summed E-state index contributed by atoms with van der Waals surface area (Å²) in [5.74, 6) is 0.309. The third-order valence-electron chi connectivity index (χ3n) is 6.51. The van der Waals surface area contributed by atoms with Crippen molar-refractivity contribution in [3.05, 3.63) is 59.7 Å². The van der Waals surface area contributed by atoms with Crippen molar-refractivity contribution in [1.82, 2.24) is 5.32 Å². The summed E-state index contributed by atoms with van der Waals surface area (Å²) >= 11 is 0. The van der Waals surface area contributed by atoms with Crippen LogP contribution >= 0.6 is 0 Å². The zero-order valence-electron chi connectivity index (χ0n) is 19.9. The van der Waals surface area contributed by atoms with Crippen LogP contribution in [0.1, 0.15) is 48.5 Å². The Labute approximate surface area is 201 Å². The van der Waals surface area contributed by atoms with E-state index in [1.54, 1.807) is 6.07 Å². The molecule has 7 heteroatoms. The molecule has 1 unspecified atom stereocenters. The molecule has 182 valence electrons. The van der Waals surface area contributed by atoms with Gasteiger partial charge in [0.1, 0.15) is 6.61 Å². The zero-order chi connectivity index (χ0) is 23.8. The molecule has 2 aromatic carbocycles. The summed E-state index contributed by atoms with van der Waals surface area (Å²) in [5.41, 5.74) is 3.09. The number of rotatable bonds is 9. The fourth-order valence-corrected chi connectivity index (χ4v) is 4.46. The van der Waals surface area contributed by atoms with E-state index < -0.39 is 0 Å². The molecule has 0 spiro atoms. The molecule has 2 N–H and O–H groups in total. The van der Waals surface area contributed by atoms with Crippen molar-refractivity contribution in [3.8, 4) is 0 Å². The minimum Gasteiger partial charge on any atom is -0.376 e. The maximum absolute atomic E-state index is 13.2. The van der Waals surface area contributed by atoms with Gasteiger partial charge >= 0.3 is 0 Å². The van der Waals surface area contributed by atoms with Crippen molar-refractivity contribution in [1.29, 1.82) is 0 Å². The van der Waals surface area contributed by atoms with Crippen LogP contribution in [-0.2, 0) is 20.9 Å². The minimum absolute atomic E-state index is 0.0544. The van der Waals surface area contributed by atoms with E-state index in [0.717, 1.165) is 56.6 Å². The van der Waals surface area contributed by atoms with Crippen molar-refractivity contribution in [3.63, 3.8) is 0 Å². The average molecular weight is 466 g/mol. The van der Waals surface area contributed by atoms with Gasteiger partial charge < -0.3 is 25.0 Å². The van der Waals surface area contributed by atoms with E-state index in [-0.39, 0.29) is 24.5 Å². The fourth-order valence-electron chi connectivity index (χ4n) is 4.46. The van der Waals surface area contributed by atoms with Crippen LogP contribution in [0.25, 0.3) is 0 Å². The number of hydrogen-bond donors (Lipinski definition) is 2. The number of anilines is 2. The second kappa shape index (κ2) is 12.0. The standard InChI is InChI=1S/C27H35N3O4/c1-20-11-13-30(14-12-20)25-10-9-22(16-24(25)27(32)28-17-23-8-5-15-34-23)29-26(31)19-33-18-21-6-3-2-4-7-21/h2-4,6-7,9-10,16,20,23H,5,8,11-15,17-19H2,1H3,(H,28,32)(H,29,31). The fraction of sp³-hybridized carbons (Fsp3) is 0.481. The Balaban J connectivity index is 1.40. The number of carbonyl (C=O) groups is 2. The van der Waals surface area contributed by atoms with Crippen molar-refractivity contribution in [2.45, 2.75) is 45.3 Å². The van der Waals surface area contributed by atoms with Crippen LogP contribution in [0.3, 0.4) is 0 Å². The van der Waals surface area contributed by atoms with Gasteiger partial charge in [0.15, 0.2) is 0 Å². The van der Waals surface area contributed by atoms with Crippen molar-refractivity contribution < 1.29 is 19.1 Å². The first kappa shape index (κ1) is 24.2. The van der Waals surface area contributed by atoms with Crippen LogP contribution < -0.4 is 15.5 Å². The highest BCUT2D eigenvalue weighted by atomic mass is 16.5. The van der Waals surface area contributed by atoms with E-state index in [2.05, 4.69) is 22.5 Å². The molecule has 7 nitrogen and oxygen atoms in total. The highest BCUT2D eigenvalue weighted by Gasteiger charge is 2.23. The van der Waals surface area contributed by atoms with Gasteiger partial charge in [-0.25, -0.2) is 0 Å². The van der Waals surface area contributed by atoms with Crippen LogP contribution in [0.5, 0.6) is 0 Å². The number of amides is 2. The molecule has 2 saturated heterocycles. The maximum atomic E-state index is 13.2. The van der Waals surface area contributed by atoms with Gasteiger partial charge in [-0.1, -0.05) is 37.3 Å². The first-order chi connectivity index (χ1) is 16.6. The van der Waals surface area contributed by atoms with E-state index in [1.165, 1.54) is 0 Å². The Morgan fingerprint density at radius 3 is 2.62 bits per heavy atom. The molecule has 2 aliphatic heterocycles. The van der Waals surface area contributed by atoms with Gasteiger partial charge in [-0.3, -0.25) is 9.59 Å². The molecule has 2 amide bonds. The largest absolute Gasteiger partial charge is 0.376 e. The van der Waals surface area contributed by atoms with Crippen molar-refractivity contribution >= 4 is 23.2 Å². The highest BCUT2D eigenvalue weighted by Crippen LogP contribution is 2.29. The van der Waals surface area contributed by atoms with E-state index >= 15 is 0 Å². The Kier molecular flexibility index (Phi) is 8.55. The molecule has 1 atom stereocenters. The monoisotopic (exact) mass is 465 g/mol. The summed E-state index contributed by atoms with van der Waals surface area (Å²) in [6.07, 6.45) is 4.29.